The van der Waals surface area contributed by atoms with Crippen LogP contribution in [0, 0.1) is 6.92 Å². The molecule has 8 nitrogen and oxygen atoms in total. The number of thiophene rings is 1. The fourth-order valence-electron chi connectivity index (χ4n) is 3.78. The molecular weight excluding hydrogens is 418 g/mol. The number of benzene rings is 1. The summed E-state index contributed by atoms with van der Waals surface area (Å²) in [5, 5.41) is 3.16. The zero-order chi connectivity index (χ0) is 22.0. The number of aryl methyl sites for hydroxylation is 1. The van der Waals surface area contributed by atoms with Crippen LogP contribution < -0.4 is 15.6 Å². The fraction of sp³-hybridized carbons (Fsp3) is 0.364. The molecule has 1 aliphatic rings. The molecular formula is C22H23N3O5S. The standard InChI is InChI=1S/C22H23N3O5S/c1-13-18-21(31-19(13)20(27)24-15-9-5-6-10-16(15)29-2)23-12-25(22(18)28)11-17(26)30-14-7-3-4-8-14/h5-6,9-10,12,14H,3-4,7-8,11H2,1-2H3,(H,24,27). The van der Waals surface area contributed by atoms with Crippen LogP contribution in [0.4, 0.5) is 5.69 Å². The highest BCUT2D eigenvalue weighted by Gasteiger charge is 2.23. The number of hydrogen-bond acceptors (Lipinski definition) is 7. The van der Waals surface area contributed by atoms with E-state index in [0.717, 1.165) is 37.0 Å². The number of nitrogens with zero attached hydrogens (tertiary/aromatic N) is 2. The zero-order valence-electron chi connectivity index (χ0n) is 17.3. The summed E-state index contributed by atoms with van der Waals surface area (Å²) >= 11 is 1.14. The van der Waals surface area contributed by atoms with Crippen LogP contribution in [0.25, 0.3) is 10.2 Å². The number of ether oxygens (including phenoxy) is 2. The number of nitrogens with one attached hydrogen (secondary N) is 1. The molecule has 0 unspecified atom stereocenters. The smallest absolute Gasteiger partial charge is 0.326 e. The molecule has 0 spiro atoms. The van der Waals surface area contributed by atoms with Crippen LogP contribution in [0.2, 0.25) is 0 Å². The van der Waals surface area contributed by atoms with Crippen LogP contribution in [0.3, 0.4) is 0 Å². The maximum Gasteiger partial charge on any atom is 0.326 e. The monoisotopic (exact) mass is 441 g/mol. The van der Waals surface area contributed by atoms with Crippen molar-refractivity contribution in [3.8, 4) is 5.75 Å². The average molecular weight is 442 g/mol. The lowest BCUT2D eigenvalue weighted by molar-refractivity contribution is -0.149. The molecule has 1 fully saturated rings. The van der Waals surface area contributed by atoms with Crippen molar-refractivity contribution in [1.82, 2.24) is 9.55 Å². The first kappa shape index (κ1) is 21.0. The molecule has 1 saturated carbocycles. The molecule has 0 radical (unpaired) electrons. The molecule has 0 saturated heterocycles. The molecule has 9 heteroatoms. The number of fused-ring (bicyclic) bond motifs is 1. The van der Waals surface area contributed by atoms with Gasteiger partial charge in [-0.2, -0.15) is 0 Å². The second kappa shape index (κ2) is 8.89. The molecule has 1 aromatic carbocycles. The van der Waals surface area contributed by atoms with Gasteiger partial charge in [-0.1, -0.05) is 12.1 Å². The highest BCUT2D eigenvalue weighted by atomic mass is 32.1. The SMILES string of the molecule is COc1ccccc1NC(=O)c1sc2ncn(CC(=O)OC3CCCC3)c(=O)c2c1C. The Balaban J connectivity index is 1.58. The minimum absolute atomic E-state index is 0.0620. The summed E-state index contributed by atoms with van der Waals surface area (Å²) in [5.74, 6) is -0.260. The van der Waals surface area contributed by atoms with Gasteiger partial charge in [0.05, 0.1) is 29.4 Å². The van der Waals surface area contributed by atoms with Gasteiger partial charge in [0.2, 0.25) is 0 Å². The molecule has 1 aliphatic carbocycles. The summed E-state index contributed by atoms with van der Waals surface area (Å²) < 4.78 is 12.0. The summed E-state index contributed by atoms with van der Waals surface area (Å²) in [5.41, 5.74) is 0.703. The van der Waals surface area contributed by atoms with E-state index in [-0.39, 0.29) is 24.1 Å². The number of esters is 1. The number of methoxy groups -OCH3 is 1. The van der Waals surface area contributed by atoms with Crippen molar-refractivity contribution >= 4 is 39.1 Å². The van der Waals surface area contributed by atoms with Crippen molar-refractivity contribution in [3.05, 3.63) is 51.4 Å². The molecule has 2 heterocycles. The predicted octanol–water partition coefficient (Wildman–Crippen LogP) is 3.51. The van der Waals surface area contributed by atoms with Gasteiger partial charge in [-0.3, -0.25) is 19.0 Å². The number of carbonyl (C=O) groups excluding carboxylic acids is 2. The Labute approximate surface area is 182 Å². The van der Waals surface area contributed by atoms with Gasteiger partial charge < -0.3 is 14.8 Å². The molecule has 0 atom stereocenters. The summed E-state index contributed by atoms with van der Waals surface area (Å²) in [7, 11) is 1.53. The summed E-state index contributed by atoms with van der Waals surface area (Å²) in [6.07, 6.45) is 5.11. The lowest BCUT2D eigenvalue weighted by Crippen LogP contribution is -2.27. The Morgan fingerprint density at radius 1 is 1.26 bits per heavy atom. The van der Waals surface area contributed by atoms with E-state index in [1.165, 1.54) is 18.0 Å². The first-order valence-corrected chi connectivity index (χ1v) is 10.9. The maximum atomic E-state index is 13.0. The van der Waals surface area contributed by atoms with Crippen molar-refractivity contribution in [2.75, 3.05) is 12.4 Å². The number of rotatable bonds is 6. The van der Waals surface area contributed by atoms with E-state index in [1.807, 2.05) is 6.07 Å². The third kappa shape index (κ3) is 4.32. The van der Waals surface area contributed by atoms with Crippen molar-refractivity contribution < 1.29 is 19.1 Å². The normalized spacial score (nSPS) is 14.0. The van der Waals surface area contributed by atoms with Gasteiger partial charge in [0.1, 0.15) is 23.2 Å². The molecule has 3 aromatic rings. The van der Waals surface area contributed by atoms with Crippen molar-refractivity contribution in [1.29, 1.82) is 0 Å². The van der Waals surface area contributed by atoms with E-state index in [2.05, 4.69) is 10.3 Å². The van der Waals surface area contributed by atoms with Crippen LogP contribution in [-0.2, 0) is 16.1 Å². The van der Waals surface area contributed by atoms with Gasteiger partial charge in [0.25, 0.3) is 11.5 Å². The number of hydrogen-bond donors (Lipinski definition) is 1. The van der Waals surface area contributed by atoms with E-state index in [0.29, 0.717) is 32.1 Å². The van der Waals surface area contributed by atoms with Crippen LogP contribution in [0.15, 0.2) is 35.4 Å². The number of amides is 1. The molecule has 1 N–H and O–H groups in total. The molecule has 0 aliphatic heterocycles. The molecule has 1 amide bonds. The summed E-state index contributed by atoms with van der Waals surface area (Å²) in [4.78, 5) is 43.2. The molecule has 0 bridgehead atoms. The van der Waals surface area contributed by atoms with Gasteiger partial charge in [-0.05, 0) is 50.3 Å². The second-order valence-electron chi connectivity index (χ2n) is 7.46. The second-order valence-corrected chi connectivity index (χ2v) is 8.46. The number of aromatic nitrogens is 2. The van der Waals surface area contributed by atoms with Gasteiger partial charge in [0.15, 0.2) is 0 Å². The highest BCUT2D eigenvalue weighted by Crippen LogP contribution is 2.29. The van der Waals surface area contributed by atoms with Crippen LogP contribution in [-0.4, -0.2) is 34.6 Å². The minimum Gasteiger partial charge on any atom is -0.495 e. The largest absolute Gasteiger partial charge is 0.495 e. The predicted molar refractivity (Wildman–Crippen MR) is 118 cm³/mol. The Kier molecular flexibility index (Phi) is 6.03. The topological polar surface area (TPSA) is 99.5 Å². The van der Waals surface area contributed by atoms with E-state index in [1.54, 1.807) is 25.1 Å². The van der Waals surface area contributed by atoms with Gasteiger partial charge in [-0.15, -0.1) is 11.3 Å². The van der Waals surface area contributed by atoms with Crippen LogP contribution >= 0.6 is 11.3 Å². The third-order valence-corrected chi connectivity index (χ3v) is 6.58. The highest BCUT2D eigenvalue weighted by molar-refractivity contribution is 7.20. The average Bonchev–Trinajstić information content (AvgIpc) is 3.38. The van der Waals surface area contributed by atoms with E-state index in [9.17, 15) is 14.4 Å². The Bertz CT molecular complexity index is 1190. The van der Waals surface area contributed by atoms with Gasteiger partial charge in [-0.25, -0.2) is 4.98 Å². The molecule has 162 valence electrons. The van der Waals surface area contributed by atoms with Gasteiger partial charge in [0, 0.05) is 0 Å². The zero-order valence-corrected chi connectivity index (χ0v) is 18.2. The maximum absolute atomic E-state index is 13.0. The molecule has 31 heavy (non-hydrogen) atoms. The number of para-hydroxylation sites is 2. The third-order valence-electron chi connectivity index (χ3n) is 5.38. The Hall–Kier alpha value is -3.20. The van der Waals surface area contributed by atoms with E-state index < -0.39 is 5.97 Å². The molecule has 4 rings (SSSR count). The summed E-state index contributed by atoms with van der Waals surface area (Å²) in [6.45, 7) is 1.51. The number of carbonyl (C=O) groups is 2. The van der Waals surface area contributed by atoms with E-state index >= 15 is 0 Å². The summed E-state index contributed by atoms with van der Waals surface area (Å²) in [6, 6.07) is 7.09. The van der Waals surface area contributed by atoms with Crippen molar-refractivity contribution in [3.63, 3.8) is 0 Å². The quantitative estimate of drug-likeness (QED) is 0.588. The van der Waals surface area contributed by atoms with Gasteiger partial charge >= 0.3 is 5.97 Å². The molecule has 2 aromatic heterocycles. The van der Waals surface area contributed by atoms with Crippen molar-refractivity contribution in [2.24, 2.45) is 0 Å². The lowest BCUT2D eigenvalue weighted by atomic mass is 10.2. The van der Waals surface area contributed by atoms with E-state index in [4.69, 9.17) is 9.47 Å². The lowest BCUT2D eigenvalue weighted by Gasteiger charge is -2.12. The minimum atomic E-state index is -0.447. The Morgan fingerprint density at radius 2 is 2.00 bits per heavy atom. The van der Waals surface area contributed by atoms with Crippen molar-refractivity contribution in [2.45, 2.75) is 45.3 Å². The number of anilines is 1. The first-order chi connectivity index (χ1) is 15.0. The first-order valence-electron chi connectivity index (χ1n) is 10.1. The van der Waals surface area contributed by atoms with Crippen LogP contribution in [0.5, 0.6) is 5.75 Å². The fourth-order valence-corrected chi connectivity index (χ4v) is 4.82. The van der Waals surface area contributed by atoms with Crippen LogP contribution in [0.1, 0.15) is 40.9 Å². The Morgan fingerprint density at radius 3 is 2.74 bits per heavy atom.